The standard InChI is InChI=1S/C15H18N2O2S/c1-10-13(11-4-2-3-5-12(11)16-10)14(15(18)19)17-6-8-20-9-7-17/h2-5,14,16H,6-9H2,1H3,(H,18,19)/t14-/m1/s1. The molecule has 1 fully saturated rings. The summed E-state index contributed by atoms with van der Waals surface area (Å²) in [5.41, 5.74) is 2.88. The Kier molecular flexibility index (Phi) is 3.72. The van der Waals surface area contributed by atoms with Crippen molar-refractivity contribution in [3.63, 3.8) is 0 Å². The minimum atomic E-state index is -0.759. The van der Waals surface area contributed by atoms with Gasteiger partial charge in [0, 0.05) is 46.8 Å². The Hall–Kier alpha value is -1.46. The van der Waals surface area contributed by atoms with E-state index in [1.165, 1.54) is 0 Å². The Labute approximate surface area is 122 Å². The van der Waals surface area contributed by atoms with Crippen molar-refractivity contribution in [2.24, 2.45) is 0 Å². The van der Waals surface area contributed by atoms with Gasteiger partial charge < -0.3 is 10.1 Å². The van der Waals surface area contributed by atoms with E-state index < -0.39 is 12.0 Å². The lowest BCUT2D eigenvalue weighted by Gasteiger charge is -2.32. The van der Waals surface area contributed by atoms with Gasteiger partial charge in [0.15, 0.2) is 0 Å². The first-order valence-corrected chi connectivity index (χ1v) is 7.96. The van der Waals surface area contributed by atoms with Crippen molar-refractivity contribution in [2.45, 2.75) is 13.0 Å². The number of benzene rings is 1. The van der Waals surface area contributed by atoms with E-state index in [0.29, 0.717) is 0 Å². The summed E-state index contributed by atoms with van der Waals surface area (Å²) >= 11 is 1.89. The Bertz CT molecular complexity index is 632. The van der Waals surface area contributed by atoms with Crippen LogP contribution in [0.5, 0.6) is 0 Å². The van der Waals surface area contributed by atoms with Gasteiger partial charge >= 0.3 is 5.97 Å². The Balaban J connectivity index is 2.09. The molecule has 1 aliphatic rings. The number of aromatic amines is 1. The number of aryl methyl sites for hydroxylation is 1. The lowest BCUT2D eigenvalue weighted by atomic mass is 10.0. The number of hydrogen-bond donors (Lipinski definition) is 2. The maximum absolute atomic E-state index is 11.8. The molecular formula is C15H18N2O2S. The van der Waals surface area contributed by atoms with E-state index in [1.54, 1.807) is 0 Å². The minimum Gasteiger partial charge on any atom is -0.480 e. The van der Waals surface area contributed by atoms with Crippen LogP contribution < -0.4 is 0 Å². The van der Waals surface area contributed by atoms with Crippen molar-refractivity contribution in [2.75, 3.05) is 24.6 Å². The molecule has 2 heterocycles. The van der Waals surface area contributed by atoms with Gasteiger partial charge in [-0.05, 0) is 13.0 Å². The van der Waals surface area contributed by atoms with Crippen LogP contribution in [-0.4, -0.2) is 45.6 Å². The minimum absolute atomic E-state index is 0.549. The molecule has 1 aliphatic heterocycles. The number of fused-ring (bicyclic) bond motifs is 1. The van der Waals surface area contributed by atoms with E-state index >= 15 is 0 Å². The summed E-state index contributed by atoms with van der Waals surface area (Å²) in [6.07, 6.45) is 0. The first kappa shape index (κ1) is 13.5. The zero-order valence-electron chi connectivity index (χ0n) is 11.4. The van der Waals surface area contributed by atoms with Gasteiger partial charge in [0.2, 0.25) is 0 Å². The number of rotatable bonds is 3. The number of carbonyl (C=O) groups is 1. The van der Waals surface area contributed by atoms with Crippen molar-refractivity contribution in [3.8, 4) is 0 Å². The monoisotopic (exact) mass is 290 g/mol. The van der Waals surface area contributed by atoms with Gasteiger partial charge in [0.25, 0.3) is 0 Å². The fourth-order valence-electron chi connectivity index (χ4n) is 2.95. The molecule has 5 heteroatoms. The molecule has 4 nitrogen and oxygen atoms in total. The number of H-pyrrole nitrogens is 1. The number of nitrogens with zero attached hydrogens (tertiary/aromatic N) is 1. The number of aliphatic carboxylic acids is 1. The molecule has 20 heavy (non-hydrogen) atoms. The third kappa shape index (κ3) is 2.31. The molecule has 1 aromatic carbocycles. The van der Waals surface area contributed by atoms with Gasteiger partial charge in [0.05, 0.1) is 0 Å². The van der Waals surface area contributed by atoms with Gasteiger partial charge in [-0.15, -0.1) is 0 Å². The van der Waals surface area contributed by atoms with Crippen molar-refractivity contribution in [1.29, 1.82) is 0 Å². The second-order valence-electron chi connectivity index (χ2n) is 5.10. The van der Waals surface area contributed by atoms with E-state index in [0.717, 1.165) is 46.8 Å². The van der Waals surface area contributed by atoms with Crippen molar-refractivity contribution >= 4 is 28.6 Å². The zero-order valence-corrected chi connectivity index (χ0v) is 12.2. The number of carboxylic acids is 1. The molecule has 1 saturated heterocycles. The van der Waals surface area contributed by atoms with E-state index in [2.05, 4.69) is 9.88 Å². The predicted octanol–water partition coefficient (Wildman–Crippen LogP) is 2.65. The highest BCUT2D eigenvalue weighted by molar-refractivity contribution is 7.99. The summed E-state index contributed by atoms with van der Waals surface area (Å²) in [5, 5.41) is 10.7. The van der Waals surface area contributed by atoms with Crippen molar-refractivity contribution < 1.29 is 9.90 Å². The molecule has 0 radical (unpaired) electrons. The Morgan fingerprint density at radius 3 is 2.75 bits per heavy atom. The highest BCUT2D eigenvalue weighted by Gasteiger charge is 2.32. The van der Waals surface area contributed by atoms with Crippen LogP contribution >= 0.6 is 11.8 Å². The third-order valence-corrected chi connectivity index (χ3v) is 4.80. The smallest absolute Gasteiger partial charge is 0.325 e. The summed E-state index contributed by atoms with van der Waals surface area (Å²) in [7, 11) is 0. The quantitative estimate of drug-likeness (QED) is 0.912. The lowest BCUT2D eigenvalue weighted by molar-refractivity contribution is -0.143. The molecule has 0 aliphatic carbocycles. The van der Waals surface area contributed by atoms with Crippen LogP contribution in [0.2, 0.25) is 0 Å². The third-order valence-electron chi connectivity index (χ3n) is 3.86. The average Bonchev–Trinajstić information content (AvgIpc) is 2.77. The maximum Gasteiger partial charge on any atom is 0.325 e. The molecule has 0 spiro atoms. The maximum atomic E-state index is 11.8. The van der Waals surface area contributed by atoms with Crippen LogP contribution in [0.4, 0.5) is 0 Å². The molecular weight excluding hydrogens is 272 g/mol. The highest BCUT2D eigenvalue weighted by atomic mass is 32.2. The van der Waals surface area contributed by atoms with Crippen LogP contribution in [0, 0.1) is 6.92 Å². The van der Waals surface area contributed by atoms with Crippen LogP contribution in [0.1, 0.15) is 17.3 Å². The number of para-hydroxylation sites is 1. The molecule has 0 unspecified atom stereocenters. The number of thioether (sulfide) groups is 1. The van der Waals surface area contributed by atoms with Crippen LogP contribution in [0.3, 0.4) is 0 Å². The first-order valence-electron chi connectivity index (χ1n) is 6.80. The van der Waals surface area contributed by atoms with E-state index in [1.807, 2.05) is 43.0 Å². The molecule has 0 saturated carbocycles. The van der Waals surface area contributed by atoms with Gasteiger partial charge in [-0.3, -0.25) is 9.69 Å². The zero-order chi connectivity index (χ0) is 14.1. The highest BCUT2D eigenvalue weighted by Crippen LogP contribution is 2.32. The molecule has 0 bridgehead atoms. The molecule has 2 N–H and O–H groups in total. The average molecular weight is 290 g/mol. The molecule has 3 rings (SSSR count). The van der Waals surface area contributed by atoms with Gasteiger partial charge in [-0.1, -0.05) is 18.2 Å². The van der Waals surface area contributed by atoms with E-state index in [4.69, 9.17) is 0 Å². The Morgan fingerprint density at radius 2 is 2.05 bits per heavy atom. The largest absolute Gasteiger partial charge is 0.480 e. The summed E-state index contributed by atoms with van der Waals surface area (Å²) < 4.78 is 0. The van der Waals surface area contributed by atoms with E-state index in [9.17, 15) is 9.90 Å². The summed E-state index contributed by atoms with van der Waals surface area (Å²) in [5.74, 6) is 1.25. The second-order valence-corrected chi connectivity index (χ2v) is 6.32. The SMILES string of the molecule is Cc1[nH]c2ccccc2c1[C@H](C(=O)O)N1CCSCC1. The number of nitrogens with one attached hydrogen (secondary N) is 1. The van der Waals surface area contributed by atoms with Crippen LogP contribution in [-0.2, 0) is 4.79 Å². The molecule has 1 aromatic heterocycles. The van der Waals surface area contributed by atoms with Crippen molar-refractivity contribution in [1.82, 2.24) is 9.88 Å². The number of aromatic nitrogens is 1. The molecule has 1 atom stereocenters. The summed E-state index contributed by atoms with van der Waals surface area (Å²) in [6, 6.07) is 7.38. The second kappa shape index (κ2) is 5.50. The predicted molar refractivity (Wildman–Crippen MR) is 82.3 cm³/mol. The van der Waals surface area contributed by atoms with Crippen molar-refractivity contribution in [3.05, 3.63) is 35.5 Å². The normalized spacial score (nSPS) is 18.2. The fourth-order valence-corrected chi connectivity index (χ4v) is 3.88. The van der Waals surface area contributed by atoms with Gasteiger partial charge in [-0.2, -0.15) is 11.8 Å². The summed E-state index contributed by atoms with van der Waals surface area (Å²) in [4.78, 5) is 17.2. The number of carboxylic acid groups (broad SMARTS) is 1. The Morgan fingerprint density at radius 1 is 1.35 bits per heavy atom. The van der Waals surface area contributed by atoms with Crippen LogP contribution in [0.25, 0.3) is 10.9 Å². The number of hydrogen-bond acceptors (Lipinski definition) is 3. The molecule has 0 amide bonds. The molecule has 106 valence electrons. The summed E-state index contributed by atoms with van der Waals surface area (Å²) in [6.45, 7) is 3.63. The van der Waals surface area contributed by atoms with Gasteiger partial charge in [0.1, 0.15) is 6.04 Å². The van der Waals surface area contributed by atoms with Crippen LogP contribution in [0.15, 0.2) is 24.3 Å². The van der Waals surface area contributed by atoms with E-state index in [-0.39, 0.29) is 0 Å². The lowest BCUT2D eigenvalue weighted by Crippen LogP contribution is -2.40. The topological polar surface area (TPSA) is 56.3 Å². The molecule has 2 aromatic rings. The first-order chi connectivity index (χ1) is 9.68. The van der Waals surface area contributed by atoms with Gasteiger partial charge in [-0.25, -0.2) is 0 Å². The fraction of sp³-hybridized carbons (Fsp3) is 0.400.